The molecule has 0 saturated carbocycles. The highest BCUT2D eigenvalue weighted by Crippen LogP contribution is 2.20. The quantitative estimate of drug-likeness (QED) is 0.749. The predicted molar refractivity (Wildman–Crippen MR) is 96.3 cm³/mol. The molecular formula is C18H25N3O5. The van der Waals surface area contributed by atoms with Crippen molar-refractivity contribution in [1.29, 1.82) is 0 Å². The Labute approximate surface area is 153 Å². The Balaban J connectivity index is 2.09. The van der Waals surface area contributed by atoms with Gasteiger partial charge < -0.3 is 19.7 Å². The van der Waals surface area contributed by atoms with Gasteiger partial charge in [-0.15, -0.1) is 0 Å². The number of hydrogen-bond acceptors (Lipinski definition) is 7. The second-order valence-corrected chi connectivity index (χ2v) is 6.00. The summed E-state index contributed by atoms with van der Waals surface area (Å²) in [5.74, 6) is -1.39. The zero-order valence-electron chi connectivity index (χ0n) is 15.4. The van der Waals surface area contributed by atoms with Gasteiger partial charge in [-0.1, -0.05) is 6.92 Å². The second-order valence-electron chi connectivity index (χ2n) is 6.00. The maximum absolute atomic E-state index is 12.4. The van der Waals surface area contributed by atoms with E-state index in [0.29, 0.717) is 0 Å². The number of carbonyl (C=O) groups excluding carboxylic acids is 3. The van der Waals surface area contributed by atoms with Crippen molar-refractivity contribution in [2.75, 3.05) is 58.8 Å². The molecule has 0 aromatic heterocycles. The number of hydrogen-bond donors (Lipinski definition) is 1. The number of likely N-dealkylation sites (N-methyl/N-ethyl adjacent to an activating group) is 1. The molecule has 0 radical (unpaired) electrons. The third-order valence-corrected chi connectivity index (χ3v) is 4.40. The van der Waals surface area contributed by atoms with Crippen LogP contribution in [0.2, 0.25) is 0 Å². The van der Waals surface area contributed by atoms with Crippen LogP contribution in [0.3, 0.4) is 0 Å². The van der Waals surface area contributed by atoms with Gasteiger partial charge in [-0.05, 0) is 24.7 Å². The van der Waals surface area contributed by atoms with Gasteiger partial charge >= 0.3 is 11.9 Å². The van der Waals surface area contributed by atoms with Crippen molar-refractivity contribution in [3.05, 3.63) is 29.3 Å². The number of carbonyl (C=O) groups is 3. The minimum Gasteiger partial charge on any atom is -0.465 e. The Morgan fingerprint density at radius 1 is 1.00 bits per heavy atom. The van der Waals surface area contributed by atoms with Crippen molar-refractivity contribution in [2.24, 2.45) is 0 Å². The number of ether oxygens (including phenoxy) is 2. The lowest BCUT2D eigenvalue weighted by Crippen LogP contribution is -2.48. The van der Waals surface area contributed by atoms with Gasteiger partial charge in [-0.3, -0.25) is 9.69 Å². The monoisotopic (exact) mass is 363 g/mol. The zero-order valence-corrected chi connectivity index (χ0v) is 15.4. The van der Waals surface area contributed by atoms with Crippen LogP contribution in [0.15, 0.2) is 18.2 Å². The highest BCUT2D eigenvalue weighted by atomic mass is 16.5. The molecule has 1 fully saturated rings. The molecule has 1 N–H and O–H groups in total. The van der Waals surface area contributed by atoms with E-state index < -0.39 is 11.9 Å². The Bertz CT molecular complexity index is 669. The molecule has 1 aromatic carbocycles. The summed E-state index contributed by atoms with van der Waals surface area (Å²) in [6, 6.07) is 4.32. The molecule has 2 rings (SSSR count). The lowest BCUT2D eigenvalue weighted by molar-refractivity contribution is -0.117. The van der Waals surface area contributed by atoms with Crippen LogP contribution in [0, 0.1) is 0 Å². The highest BCUT2D eigenvalue weighted by molar-refractivity contribution is 6.03. The van der Waals surface area contributed by atoms with Crippen LogP contribution in [0.4, 0.5) is 5.69 Å². The van der Waals surface area contributed by atoms with Gasteiger partial charge in [0.05, 0.1) is 37.6 Å². The molecule has 1 aliphatic heterocycles. The van der Waals surface area contributed by atoms with E-state index in [9.17, 15) is 14.4 Å². The number of esters is 2. The Hall–Kier alpha value is -2.45. The summed E-state index contributed by atoms with van der Waals surface area (Å²) in [5.41, 5.74) is 0.660. The lowest BCUT2D eigenvalue weighted by Gasteiger charge is -2.33. The van der Waals surface area contributed by atoms with Gasteiger partial charge in [-0.25, -0.2) is 9.59 Å². The smallest absolute Gasteiger partial charge is 0.339 e. The summed E-state index contributed by atoms with van der Waals surface area (Å²) in [4.78, 5) is 40.4. The lowest BCUT2D eigenvalue weighted by atomic mass is 10.1. The van der Waals surface area contributed by atoms with E-state index >= 15 is 0 Å². The molecule has 1 heterocycles. The molecular weight excluding hydrogens is 338 g/mol. The maximum atomic E-state index is 12.4. The van der Waals surface area contributed by atoms with Gasteiger partial charge in [0, 0.05) is 26.2 Å². The van der Waals surface area contributed by atoms with Crippen molar-refractivity contribution < 1.29 is 23.9 Å². The van der Waals surface area contributed by atoms with E-state index in [1.165, 1.54) is 32.4 Å². The molecule has 0 aliphatic carbocycles. The van der Waals surface area contributed by atoms with E-state index in [-0.39, 0.29) is 29.3 Å². The molecule has 8 nitrogen and oxygen atoms in total. The van der Waals surface area contributed by atoms with Crippen LogP contribution in [-0.2, 0) is 14.3 Å². The molecule has 1 aliphatic rings. The van der Waals surface area contributed by atoms with Crippen molar-refractivity contribution in [3.8, 4) is 0 Å². The third-order valence-electron chi connectivity index (χ3n) is 4.40. The first-order valence-electron chi connectivity index (χ1n) is 8.53. The molecule has 8 heteroatoms. The van der Waals surface area contributed by atoms with E-state index in [2.05, 4.69) is 26.8 Å². The fraction of sp³-hybridized carbons (Fsp3) is 0.500. The normalized spacial score (nSPS) is 15.3. The van der Waals surface area contributed by atoms with Crippen molar-refractivity contribution in [1.82, 2.24) is 9.80 Å². The van der Waals surface area contributed by atoms with Gasteiger partial charge in [0.2, 0.25) is 5.91 Å². The minimum atomic E-state index is -0.590. The highest BCUT2D eigenvalue weighted by Gasteiger charge is 2.20. The number of nitrogens with one attached hydrogen (secondary N) is 1. The molecule has 1 saturated heterocycles. The number of nitrogens with zero attached hydrogens (tertiary/aromatic N) is 2. The number of benzene rings is 1. The van der Waals surface area contributed by atoms with E-state index in [1.807, 2.05) is 0 Å². The first kappa shape index (κ1) is 19.9. The van der Waals surface area contributed by atoms with E-state index in [0.717, 1.165) is 32.7 Å². The summed E-state index contributed by atoms with van der Waals surface area (Å²) < 4.78 is 9.42. The fourth-order valence-electron chi connectivity index (χ4n) is 2.84. The van der Waals surface area contributed by atoms with E-state index in [4.69, 9.17) is 4.74 Å². The van der Waals surface area contributed by atoms with Gasteiger partial charge in [0.15, 0.2) is 0 Å². The molecule has 0 bridgehead atoms. The summed E-state index contributed by atoms with van der Waals surface area (Å²) >= 11 is 0. The number of anilines is 1. The molecule has 0 spiro atoms. The Kier molecular flexibility index (Phi) is 7.11. The van der Waals surface area contributed by atoms with Crippen molar-refractivity contribution >= 4 is 23.5 Å². The van der Waals surface area contributed by atoms with E-state index in [1.54, 1.807) is 0 Å². The largest absolute Gasteiger partial charge is 0.465 e. The first-order chi connectivity index (χ1) is 12.5. The van der Waals surface area contributed by atoms with Gasteiger partial charge in [0.25, 0.3) is 0 Å². The number of amides is 1. The Morgan fingerprint density at radius 3 is 2.19 bits per heavy atom. The SMILES string of the molecule is CCN1CCN(CC(=O)Nc2cc(C(=O)OC)ccc2C(=O)OC)CC1. The van der Waals surface area contributed by atoms with Crippen LogP contribution in [0.25, 0.3) is 0 Å². The molecule has 0 unspecified atom stereocenters. The summed E-state index contributed by atoms with van der Waals surface area (Å²) in [6.07, 6.45) is 0. The number of rotatable bonds is 6. The number of piperazine rings is 1. The standard InChI is InChI=1S/C18H25N3O5/c1-4-20-7-9-21(10-8-20)12-16(22)19-15-11-13(17(23)25-2)5-6-14(15)18(24)26-3/h5-6,11H,4,7-10,12H2,1-3H3,(H,19,22). The second kappa shape index (κ2) is 9.30. The third kappa shape index (κ3) is 5.03. The summed E-state index contributed by atoms with van der Waals surface area (Å²) in [6.45, 7) is 6.82. The fourth-order valence-corrected chi connectivity index (χ4v) is 2.84. The van der Waals surface area contributed by atoms with Gasteiger partial charge in [-0.2, -0.15) is 0 Å². The van der Waals surface area contributed by atoms with Crippen LogP contribution in [-0.4, -0.2) is 81.1 Å². The molecule has 142 valence electrons. The molecule has 0 atom stereocenters. The van der Waals surface area contributed by atoms with Crippen LogP contribution in [0.1, 0.15) is 27.6 Å². The van der Waals surface area contributed by atoms with Crippen LogP contribution < -0.4 is 5.32 Å². The topological polar surface area (TPSA) is 88.2 Å². The zero-order chi connectivity index (χ0) is 19.1. The Morgan fingerprint density at radius 2 is 1.62 bits per heavy atom. The average molecular weight is 363 g/mol. The maximum Gasteiger partial charge on any atom is 0.339 e. The van der Waals surface area contributed by atoms with Crippen LogP contribution >= 0.6 is 0 Å². The summed E-state index contributed by atoms with van der Waals surface area (Å²) in [7, 11) is 2.53. The number of methoxy groups -OCH3 is 2. The first-order valence-corrected chi connectivity index (χ1v) is 8.53. The molecule has 26 heavy (non-hydrogen) atoms. The van der Waals surface area contributed by atoms with Crippen molar-refractivity contribution in [2.45, 2.75) is 6.92 Å². The molecule has 1 amide bonds. The molecule has 1 aromatic rings. The minimum absolute atomic E-state index is 0.185. The van der Waals surface area contributed by atoms with Crippen molar-refractivity contribution in [3.63, 3.8) is 0 Å². The average Bonchev–Trinajstić information content (AvgIpc) is 2.67. The van der Waals surface area contributed by atoms with Gasteiger partial charge in [0.1, 0.15) is 0 Å². The predicted octanol–water partition coefficient (Wildman–Crippen LogP) is 0.836. The van der Waals surface area contributed by atoms with Crippen LogP contribution in [0.5, 0.6) is 0 Å². The summed E-state index contributed by atoms with van der Waals surface area (Å²) in [5, 5.41) is 2.71.